The fourth-order valence-electron chi connectivity index (χ4n) is 2.89. The summed E-state index contributed by atoms with van der Waals surface area (Å²) in [7, 11) is 0. The lowest BCUT2D eigenvalue weighted by atomic mass is 10.1. The highest BCUT2D eigenvalue weighted by Gasteiger charge is 2.29. The van der Waals surface area contributed by atoms with Crippen LogP contribution in [0, 0.1) is 0 Å². The molecule has 0 N–H and O–H groups in total. The van der Waals surface area contributed by atoms with Gasteiger partial charge in [0.15, 0.2) is 0 Å². The van der Waals surface area contributed by atoms with Crippen LogP contribution in [0.3, 0.4) is 0 Å². The van der Waals surface area contributed by atoms with E-state index in [1.165, 1.54) is 0 Å². The molecule has 20 heavy (non-hydrogen) atoms. The van der Waals surface area contributed by atoms with E-state index in [0.29, 0.717) is 19.6 Å². The van der Waals surface area contributed by atoms with Gasteiger partial charge < -0.3 is 14.5 Å². The second-order valence-corrected chi connectivity index (χ2v) is 6.02. The molecule has 0 radical (unpaired) electrons. The van der Waals surface area contributed by atoms with Crippen molar-refractivity contribution in [2.75, 3.05) is 26.2 Å². The van der Waals surface area contributed by atoms with Gasteiger partial charge in [0.2, 0.25) is 11.8 Å². The van der Waals surface area contributed by atoms with Gasteiger partial charge in [0, 0.05) is 19.5 Å². The smallest absolute Gasteiger partial charge is 0.242 e. The molecule has 2 heterocycles. The summed E-state index contributed by atoms with van der Waals surface area (Å²) in [6.45, 7) is 6.14. The van der Waals surface area contributed by atoms with Crippen LogP contribution in [0.5, 0.6) is 0 Å². The molecule has 114 valence electrons. The van der Waals surface area contributed by atoms with Crippen LogP contribution in [-0.2, 0) is 14.3 Å². The Morgan fingerprint density at radius 2 is 2.00 bits per heavy atom. The van der Waals surface area contributed by atoms with Gasteiger partial charge in [0.25, 0.3) is 0 Å². The molecule has 2 aliphatic rings. The molecule has 0 saturated carbocycles. The Bertz CT molecular complexity index is 359. The SMILES string of the molecule is C[C@@H]1CN(C(=O)CN2CCCCCCC2=O)[C@H](C)CO1. The minimum atomic E-state index is 0.0570. The largest absolute Gasteiger partial charge is 0.375 e. The maximum atomic E-state index is 12.4. The quantitative estimate of drug-likeness (QED) is 0.769. The molecule has 2 aliphatic heterocycles. The summed E-state index contributed by atoms with van der Waals surface area (Å²) in [6, 6.07) is 0.101. The number of likely N-dealkylation sites (tertiary alicyclic amines) is 1. The number of morpholine rings is 1. The average molecular weight is 282 g/mol. The van der Waals surface area contributed by atoms with Gasteiger partial charge in [-0.05, 0) is 26.7 Å². The lowest BCUT2D eigenvalue weighted by Crippen LogP contribution is -2.53. The normalized spacial score (nSPS) is 29.0. The molecule has 2 amide bonds. The zero-order valence-electron chi connectivity index (χ0n) is 12.6. The molecule has 2 saturated heterocycles. The van der Waals surface area contributed by atoms with Crippen LogP contribution >= 0.6 is 0 Å². The molecule has 2 atom stereocenters. The Morgan fingerprint density at radius 3 is 2.80 bits per heavy atom. The van der Waals surface area contributed by atoms with Crippen LogP contribution in [0.2, 0.25) is 0 Å². The van der Waals surface area contributed by atoms with Gasteiger partial charge in [-0.25, -0.2) is 0 Å². The third-order valence-corrected chi connectivity index (χ3v) is 4.18. The molecular formula is C15H26N2O3. The number of ether oxygens (including phenoxy) is 1. The van der Waals surface area contributed by atoms with E-state index in [1.807, 2.05) is 18.7 Å². The van der Waals surface area contributed by atoms with Crippen LogP contribution in [0.25, 0.3) is 0 Å². The fraction of sp³-hybridized carbons (Fsp3) is 0.867. The number of nitrogens with zero attached hydrogens (tertiary/aromatic N) is 2. The Kier molecular flexibility index (Phi) is 5.40. The van der Waals surface area contributed by atoms with Crippen molar-refractivity contribution in [2.45, 2.75) is 58.1 Å². The second-order valence-electron chi connectivity index (χ2n) is 6.02. The molecule has 0 bridgehead atoms. The second kappa shape index (κ2) is 7.07. The lowest BCUT2D eigenvalue weighted by molar-refractivity contribution is -0.148. The van der Waals surface area contributed by atoms with Crippen LogP contribution in [0.15, 0.2) is 0 Å². The fourth-order valence-corrected chi connectivity index (χ4v) is 2.89. The van der Waals surface area contributed by atoms with Gasteiger partial charge >= 0.3 is 0 Å². The first-order valence-corrected chi connectivity index (χ1v) is 7.77. The van der Waals surface area contributed by atoms with Crippen molar-refractivity contribution in [1.82, 2.24) is 9.80 Å². The first-order chi connectivity index (χ1) is 9.58. The zero-order valence-corrected chi connectivity index (χ0v) is 12.6. The highest BCUT2D eigenvalue weighted by atomic mass is 16.5. The number of rotatable bonds is 2. The van der Waals surface area contributed by atoms with Crippen molar-refractivity contribution < 1.29 is 14.3 Å². The standard InChI is InChI=1S/C15H26N2O3/c1-12-11-20-13(2)9-17(12)15(19)10-16-8-6-4-3-5-7-14(16)18/h12-13H,3-11H2,1-2H3/t12-,13-/m1/s1. The van der Waals surface area contributed by atoms with E-state index in [4.69, 9.17) is 4.74 Å². The summed E-state index contributed by atoms with van der Waals surface area (Å²) in [5.41, 5.74) is 0. The van der Waals surface area contributed by atoms with Crippen LogP contribution < -0.4 is 0 Å². The zero-order chi connectivity index (χ0) is 14.5. The van der Waals surface area contributed by atoms with Gasteiger partial charge in [0.1, 0.15) is 0 Å². The topological polar surface area (TPSA) is 49.9 Å². The minimum Gasteiger partial charge on any atom is -0.375 e. The van der Waals surface area contributed by atoms with E-state index in [9.17, 15) is 9.59 Å². The maximum absolute atomic E-state index is 12.4. The van der Waals surface area contributed by atoms with Crippen molar-refractivity contribution in [3.8, 4) is 0 Å². The van der Waals surface area contributed by atoms with Crippen molar-refractivity contribution in [2.24, 2.45) is 0 Å². The van der Waals surface area contributed by atoms with E-state index < -0.39 is 0 Å². The molecule has 0 aromatic rings. The minimum absolute atomic E-state index is 0.0570. The van der Waals surface area contributed by atoms with E-state index in [1.54, 1.807) is 4.90 Å². The first-order valence-electron chi connectivity index (χ1n) is 7.77. The highest BCUT2D eigenvalue weighted by molar-refractivity contribution is 5.85. The Balaban J connectivity index is 1.92. The molecular weight excluding hydrogens is 256 g/mol. The molecule has 0 aliphatic carbocycles. The van der Waals surface area contributed by atoms with Crippen molar-refractivity contribution in [3.63, 3.8) is 0 Å². The Morgan fingerprint density at radius 1 is 1.25 bits per heavy atom. The number of carbonyl (C=O) groups excluding carboxylic acids is 2. The summed E-state index contributed by atoms with van der Waals surface area (Å²) < 4.78 is 5.54. The van der Waals surface area contributed by atoms with E-state index in [2.05, 4.69) is 0 Å². The van der Waals surface area contributed by atoms with Gasteiger partial charge in [-0.15, -0.1) is 0 Å². The number of carbonyl (C=O) groups is 2. The maximum Gasteiger partial charge on any atom is 0.242 e. The van der Waals surface area contributed by atoms with Crippen LogP contribution in [-0.4, -0.2) is 60.0 Å². The number of hydrogen-bond donors (Lipinski definition) is 0. The summed E-state index contributed by atoms with van der Waals surface area (Å²) in [5.74, 6) is 0.189. The molecule has 2 fully saturated rings. The molecule has 0 aromatic heterocycles. The molecule has 2 rings (SSSR count). The van der Waals surface area contributed by atoms with Gasteiger partial charge in [-0.1, -0.05) is 12.8 Å². The third-order valence-electron chi connectivity index (χ3n) is 4.18. The van der Waals surface area contributed by atoms with E-state index in [-0.39, 0.29) is 30.5 Å². The lowest BCUT2D eigenvalue weighted by Gasteiger charge is -2.38. The van der Waals surface area contributed by atoms with Gasteiger partial charge in [-0.3, -0.25) is 9.59 Å². The Hall–Kier alpha value is -1.10. The third kappa shape index (κ3) is 3.95. The average Bonchev–Trinajstić information content (AvgIpc) is 2.41. The summed E-state index contributed by atoms with van der Waals surface area (Å²) in [6.07, 6.45) is 4.91. The summed E-state index contributed by atoms with van der Waals surface area (Å²) in [4.78, 5) is 28.1. The van der Waals surface area contributed by atoms with Crippen molar-refractivity contribution in [1.29, 1.82) is 0 Å². The summed E-state index contributed by atoms with van der Waals surface area (Å²) in [5, 5.41) is 0. The van der Waals surface area contributed by atoms with E-state index in [0.717, 1.165) is 32.2 Å². The first kappa shape index (κ1) is 15.3. The monoisotopic (exact) mass is 282 g/mol. The summed E-state index contributed by atoms with van der Waals surface area (Å²) >= 11 is 0. The van der Waals surface area contributed by atoms with Crippen LogP contribution in [0.4, 0.5) is 0 Å². The molecule has 0 spiro atoms. The predicted octanol–water partition coefficient (Wildman–Crippen LogP) is 1.41. The Labute approximate surface area is 121 Å². The van der Waals surface area contributed by atoms with Crippen molar-refractivity contribution >= 4 is 11.8 Å². The van der Waals surface area contributed by atoms with E-state index >= 15 is 0 Å². The molecule has 5 nitrogen and oxygen atoms in total. The highest BCUT2D eigenvalue weighted by Crippen LogP contribution is 2.15. The number of hydrogen-bond acceptors (Lipinski definition) is 3. The van der Waals surface area contributed by atoms with Crippen LogP contribution in [0.1, 0.15) is 46.0 Å². The number of amides is 2. The molecule has 0 aromatic carbocycles. The molecule has 5 heteroatoms. The predicted molar refractivity (Wildman–Crippen MR) is 76.3 cm³/mol. The van der Waals surface area contributed by atoms with Gasteiger partial charge in [-0.2, -0.15) is 0 Å². The van der Waals surface area contributed by atoms with Gasteiger partial charge in [0.05, 0.1) is 25.3 Å². The van der Waals surface area contributed by atoms with Crippen molar-refractivity contribution in [3.05, 3.63) is 0 Å². The molecule has 0 unspecified atom stereocenters.